The monoisotopic (exact) mass is 343 g/mol. The number of ether oxygens (including phenoxy) is 2. The van der Waals surface area contributed by atoms with E-state index in [1.807, 2.05) is 12.2 Å². The molecule has 23 heavy (non-hydrogen) atoms. The second kappa shape index (κ2) is 8.84. The molecule has 0 heterocycles. The minimum atomic E-state index is -0.826. The second-order valence-corrected chi connectivity index (χ2v) is 4.86. The summed E-state index contributed by atoms with van der Waals surface area (Å²) >= 11 is 5.85. The van der Waals surface area contributed by atoms with Crippen molar-refractivity contribution in [3.05, 3.63) is 22.7 Å². The molecule has 0 saturated carbocycles. The molecule has 0 aliphatic heterocycles. The highest BCUT2D eigenvalue weighted by Crippen LogP contribution is 2.29. The maximum absolute atomic E-state index is 12.0. The predicted molar refractivity (Wildman–Crippen MR) is 84.5 cm³/mol. The molecule has 0 aliphatic carbocycles. The van der Waals surface area contributed by atoms with Crippen LogP contribution in [0.5, 0.6) is 5.75 Å². The Kier molecular flexibility index (Phi) is 7.14. The van der Waals surface area contributed by atoms with Crippen molar-refractivity contribution in [2.24, 2.45) is 0 Å². The van der Waals surface area contributed by atoms with Gasteiger partial charge in [0.25, 0.3) is 5.91 Å². The zero-order chi connectivity index (χ0) is 17.4. The van der Waals surface area contributed by atoms with Gasteiger partial charge in [0.2, 0.25) is 0 Å². The molecule has 1 aromatic carbocycles. The van der Waals surface area contributed by atoms with Gasteiger partial charge in [-0.3, -0.25) is 10.1 Å². The van der Waals surface area contributed by atoms with Crippen LogP contribution in [0.25, 0.3) is 0 Å². The lowest BCUT2D eigenvalue weighted by atomic mass is 10.2. The lowest BCUT2D eigenvalue weighted by Crippen LogP contribution is -2.41. The number of methoxy groups -OCH3 is 1. The Bertz CT molecular complexity index is 606. The van der Waals surface area contributed by atoms with Crippen molar-refractivity contribution in [2.45, 2.75) is 13.3 Å². The van der Waals surface area contributed by atoms with Crippen LogP contribution < -0.4 is 21.1 Å². The molecule has 0 aromatic heterocycles. The average Bonchev–Trinajstić information content (AvgIpc) is 2.52. The van der Waals surface area contributed by atoms with Gasteiger partial charge in [-0.2, -0.15) is 0 Å². The molecule has 4 N–H and O–H groups in total. The number of amides is 3. The molecule has 1 aromatic rings. The van der Waals surface area contributed by atoms with Crippen molar-refractivity contribution in [3.63, 3.8) is 0 Å². The third-order valence-electron chi connectivity index (χ3n) is 2.66. The largest absolute Gasteiger partial charge is 0.496 e. The van der Waals surface area contributed by atoms with E-state index in [-0.39, 0.29) is 22.0 Å². The number of carbonyl (C=O) groups is 3. The lowest BCUT2D eigenvalue weighted by molar-refractivity contribution is -0.123. The predicted octanol–water partition coefficient (Wildman–Crippen LogP) is 1.32. The molecule has 0 aliphatic rings. The van der Waals surface area contributed by atoms with Crippen LogP contribution in [-0.2, 0) is 9.53 Å². The van der Waals surface area contributed by atoms with Gasteiger partial charge in [0, 0.05) is 12.6 Å². The molecular weight excluding hydrogens is 326 g/mol. The summed E-state index contributed by atoms with van der Waals surface area (Å²) in [5.41, 5.74) is 5.87. The summed E-state index contributed by atoms with van der Waals surface area (Å²) in [4.78, 5) is 34.7. The van der Waals surface area contributed by atoms with Crippen LogP contribution in [0.3, 0.4) is 0 Å². The van der Waals surface area contributed by atoms with E-state index in [1.54, 1.807) is 0 Å². The number of halogens is 1. The van der Waals surface area contributed by atoms with E-state index < -0.39 is 24.5 Å². The van der Waals surface area contributed by atoms with Gasteiger partial charge in [-0.1, -0.05) is 18.5 Å². The molecule has 0 radical (unpaired) electrons. The first-order valence-electron chi connectivity index (χ1n) is 6.76. The van der Waals surface area contributed by atoms with Crippen molar-refractivity contribution < 1.29 is 23.9 Å². The minimum Gasteiger partial charge on any atom is -0.496 e. The van der Waals surface area contributed by atoms with Crippen LogP contribution in [0.1, 0.15) is 23.7 Å². The number of hydrogen-bond acceptors (Lipinski definition) is 6. The third kappa shape index (κ3) is 5.67. The van der Waals surface area contributed by atoms with Crippen molar-refractivity contribution in [3.8, 4) is 5.75 Å². The standard InChI is InChI=1S/C14H18ClN3O5/c1-3-4-17-14(21)18-12(19)7-23-13(20)8-5-9(15)10(16)6-11(8)22-2/h5-6H,3-4,7,16H2,1-2H3,(H2,17,18,19,21). The quantitative estimate of drug-likeness (QED) is 0.529. The first kappa shape index (κ1) is 18.6. The first-order chi connectivity index (χ1) is 10.9. The Labute approximate surface area is 138 Å². The number of urea groups is 1. The third-order valence-corrected chi connectivity index (χ3v) is 2.99. The highest BCUT2D eigenvalue weighted by atomic mass is 35.5. The highest BCUT2D eigenvalue weighted by molar-refractivity contribution is 6.33. The van der Waals surface area contributed by atoms with Crippen LogP contribution in [0.4, 0.5) is 10.5 Å². The van der Waals surface area contributed by atoms with E-state index in [1.165, 1.54) is 19.2 Å². The van der Waals surface area contributed by atoms with Gasteiger partial charge in [-0.05, 0) is 12.5 Å². The smallest absolute Gasteiger partial charge is 0.342 e. The van der Waals surface area contributed by atoms with Crippen molar-refractivity contribution in [1.29, 1.82) is 0 Å². The molecule has 0 unspecified atom stereocenters. The number of imide groups is 1. The van der Waals surface area contributed by atoms with E-state index in [9.17, 15) is 14.4 Å². The van der Waals surface area contributed by atoms with E-state index in [2.05, 4.69) is 5.32 Å². The van der Waals surface area contributed by atoms with Gasteiger partial charge in [0.05, 0.1) is 17.8 Å². The van der Waals surface area contributed by atoms with Crippen LogP contribution >= 0.6 is 11.6 Å². The molecule has 0 fully saturated rings. The summed E-state index contributed by atoms with van der Waals surface area (Å²) in [6.45, 7) is 1.68. The fourth-order valence-electron chi connectivity index (χ4n) is 1.55. The normalized spacial score (nSPS) is 9.87. The van der Waals surface area contributed by atoms with Gasteiger partial charge in [0.1, 0.15) is 11.3 Å². The van der Waals surface area contributed by atoms with Crippen LogP contribution in [-0.4, -0.2) is 38.2 Å². The van der Waals surface area contributed by atoms with Crippen LogP contribution in [0.2, 0.25) is 5.02 Å². The molecule has 0 bridgehead atoms. The van der Waals surface area contributed by atoms with Gasteiger partial charge in [-0.15, -0.1) is 0 Å². The average molecular weight is 344 g/mol. The SMILES string of the molecule is CCCNC(=O)NC(=O)COC(=O)c1cc(Cl)c(N)cc1OC. The maximum atomic E-state index is 12.0. The van der Waals surface area contributed by atoms with E-state index in [0.29, 0.717) is 6.54 Å². The number of benzene rings is 1. The van der Waals surface area contributed by atoms with Crippen LogP contribution in [0.15, 0.2) is 12.1 Å². The summed E-state index contributed by atoms with van der Waals surface area (Å²) in [6, 6.07) is 2.00. The molecule has 126 valence electrons. The van der Waals surface area contributed by atoms with Gasteiger partial charge in [-0.25, -0.2) is 9.59 Å². The Morgan fingerprint density at radius 3 is 2.61 bits per heavy atom. The summed E-state index contributed by atoms with van der Waals surface area (Å²) in [7, 11) is 1.35. The summed E-state index contributed by atoms with van der Waals surface area (Å²) in [5, 5.41) is 4.63. The first-order valence-corrected chi connectivity index (χ1v) is 7.14. The van der Waals surface area contributed by atoms with Gasteiger partial charge in [0.15, 0.2) is 6.61 Å². The Morgan fingerprint density at radius 1 is 1.30 bits per heavy atom. The number of anilines is 1. The fraction of sp³-hybridized carbons (Fsp3) is 0.357. The molecule has 0 spiro atoms. The molecule has 0 atom stereocenters. The Hall–Kier alpha value is -2.48. The zero-order valence-corrected chi connectivity index (χ0v) is 13.5. The van der Waals surface area contributed by atoms with Gasteiger partial charge < -0.3 is 20.5 Å². The number of hydrogen-bond donors (Lipinski definition) is 3. The second-order valence-electron chi connectivity index (χ2n) is 4.45. The maximum Gasteiger partial charge on any atom is 0.342 e. The number of nitrogens with two attached hydrogens (primary N) is 1. The zero-order valence-electron chi connectivity index (χ0n) is 12.8. The molecule has 1 rings (SSSR count). The van der Waals surface area contributed by atoms with E-state index in [4.69, 9.17) is 26.8 Å². The van der Waals surface area contributed by atoms with Crippen molar-refractivity contribution >= 4 is 35.2 Å². The summed E-state index contributed by atoms with van der Waals surface area (Å²) < 4.78 is 9.84. The number of nitrogen functional groups attached to an aromatic ring is 1. The number of nitrogens with one attached hydrogen (secondary N) is 2. The molecule has 8 nitrogen and oxygen atoms in total. The number of esters is 1. The summed E-state index contributed by atoms with van der Waals surface area (Å²) in [6.07, 6.45) is 0.730. The van der Waals surface area contributed by atoms with E-state index >= 15 is 0 Å². The minimum absolute atomic E-state index is 0.0231. The van der Waals surface area contributed by atoms with Gasteiger partial charge >= 0.3 is 12.0 Å². The van der Waals surface area contributed by atoms with Crippen LogP contribution in [0, 0.1) is 0 Å². The summed E-state index contributed by atoms with van der Waals surface area (Å²) in [5.74, 6) is -1.42. The number of rotatable bonds is 6. The number of carbonyl (C=O) groups excluding carboxylic acids is 3. The van der Waals surface area contributed by atoms with Crippen molar-refractivity contribution in [1.82, 2.24) is 10.6 Å². The topological polar surface area (TPSA) is 120 Å². The molecular formula is C14H18ClN3O5. The highest BCUT2D eigenvalue weighted by Gasteiger charge is 2.18. The molecule has 9 heteroatoms. The van der Waals surface area contributed by atoms with E-state index in [0.717, 1.165) is 6.42 Å². The molecule has 3 amide bonds. The Balaban J connectivity index is 2.62. The molecule has 0 saturated heterocycles. The lowest BCUT2D eigenvalue weighted by Gasteiger charge is -2.10. The van der Waals surface area contributed by atoms with Crippen molar-refractivity contribution in [2.75, 3.05) is 26.0 Å². The Morgan fingerprint density at radius 2 is 2.00 bits per heavy atom. The fourth-order valence-corrected chi connectivity index (χ4v) is 1.72.